The van der Waals surface area contributed by atoms with Crippen LogP contribution in [0.25, 0.3) is 0 Å². The van der Waals surface area contributed by atoms with E-state index >= 15 is 0 Å². The fourth-order valence-corrected chi connectivity index (χ4v) is 2.04. The second kappa shape index (κ2) is 6.31. The molecule has 2 aromatic rings. The minimum Gasteiger partial charge on any atom is -0.497 e. The molecule has 21 heavy (non-hydrogen) atoms. The first kappa shape index (κ1) is 14.9. The number of rotatable bonds is 4. The maximum atomic E-state index is 12.2. The van der Waals surface area contributed by atoms with E-state index < -0.39 is 0 Å². The summed E-state index contributed by atoms with van der Waals surface area (Å²) >= 11 is 0. The highest BCUT2D eigenvalue weighted by Crippen LogP contribution is 2.18. The van der Waals surface area contributed by atoms with E-state index in [1.807, 2.05) is 44.2 Å². The molecule has 0 bridgehead atoms. The van der Waals surface area contributed by atoms with Crippen LogP contribution in [0.3, 0.4) is 0 Å². The summed E-state index contributed by atoms with van der Waals surface area (Å²) in [6.07, 6.45) is 0. The predicted octanol–water partition coefficient (Wildman–Crippen LogP) is 3.08. The van der Waals surface area contributed by atoms with E-state index in [-0.39, 0.29) is 11.9 Å². The fourth-order valence-electron chi connectivity index (χ4n) is 2.04. The van der Waals surface area contributed by atoms with Crippen LogP contribution in [0.4, 0.5) is 5.69 Å². The minimum absolute atomic E-state index is 0.0917. The van der Waals surface area contributed by atoms with Crippen LogP contribution in [0.15, 0.2) is 42.5 Å². The second-order valence-electron chi connectivity index (χ2n) is 5.04. The summed E-state index contributed by atoms with van der Waals surface area (Å²) in [6, 6.07) is 12.9. The summed E-state index contributed by atoms with van der Waals surface area (Å²) in [5.41, 5.74) is 9.02. The molecule has 0 fully saturated rings. The van der Waals surface area contributed by atoms with Gasteiger partial charge in [0.2, 0.25) is 0 Å². The van der Waals surface area contributed by atoms with Crippen LogP contribution in [0, 0.1) is 6.92 Å². The number of carbonyl (C=O) groups is 1. The number of amides is 1. The Morgan fingerprint density at radius 3 is 2.43 bits per heavy atom. The van der Waals surface area contributed by atoms with E-state index in [4.69, 9.17) is 10.5 Å². The topological polar surface area (TPSA) is 64.3 Å². The summed E-state index contributed by atoms with van der Waals surface area (Å²) in [4.78, 5) is 12.2. The predicted molar refractivity (Wildman–Crippen MR) is 84.5 cm³/mol. The highest BCUT2D eigenvalue weighted by molar-refractivity contribution is 5.95. The van der Waals surface area contributed by atoms with Crippen molar-refractivity contribution in [2.75, 3.05) is 12.8 Å². The smallest absolute Gasteiger partial charge is 0.251 e. The average Bonchev–Trinajstić information content (AvgIpc) is 2.50. The fraction of sp³-hybridized carbons (Fsp3) is 0.235. The number of ether oxygens (including phenoxy) is 1. The highest BCUT2D eigenvalue weighted by atomic mass is 16.5. The molecule has 0 unspecified atom stereocenters. The first-order chi connectivity index (χ1) is 10.0. The Hall–Kier alpha value is -2.49. The van der Waals surface area contributed by atoms with Crippen molar-refractivity contribution < 1.29 is 9.53 Å². The van der Waals surface area contributed by atoms with E-state index in [0.717, 1.165) is 16.9 Å². The number of benzene rings is 2. The normalized spacial score (nSPS) is 11.8. The standard InChI is InChI=1S/C17H20N2O2/c1-11-4-5-14(10-16(11)18)17(20)19-12(2)13-6-8-15(21-3)9-7-13/h4-10,12H,18H2,1-3H3,(H,19,20)/t12-/m0/s1. The van der Waals surface area contributed by atoms with Crippen molar-refractivity contribution in [2.24, 2.45) is 0 Å². The molecule has 0 radical (unpaired) electrons. The van der Waals surface area contributed by atoms with E-state index in [1.54, 1.807) is 19.2 Å². The van der Waals surface area contributed by atoms with Crippen molar-refractivity contribution in [1.29, 1.82) is 0 Å². The lowest BCUT2D eigenvalue weighted by Crippen LogP contribution is -2.26. The number of methoxy groups -OCH3 is 1. The molecule has 0 spiro atoms. The van der Waals surface area contributed by atoms with Gasteiger partial charge in [-0.25, -0.2) is 0 Å². The molecular formula is C17H20N2O2. The van der Waals surface area contributed by atoms with Gasteiger partial charge in [-0.1, -0.05) is 18.2 Å². The highest BCUT2D eigenvalue weighted by Gasteiger charge is 2.12. The van der Waals surface area contributed by atoms with Crippen molar-refractivity contribution in [3.63, 3.8) is 0 Å². The molecule has 110 valence electrons. The van der Waals surface area contributed by atoms with Crippen LogP contribution >= 0.6 is 0 Å². The molecule has 0 saturated carbocycles. The third-order valence-electron chi connectivity index (χ3n) is 3.50. The number of nitrogens with two attached hydrogens (primary N) is 1. The zero-order valence-electron chi connectivity index (χ0n) is 12.5. The quantitative estimate of drug-likeness (QED) is 0.848. The summed E-state index contributed by atoms with van der Waals surface area (Å²) in [6.45, 7) is 3.86. The Kier molecular flexibility index (Phi) is 4.48. The van der Waals surface area contributed by atoms with E-state index in [0.29, 0.717) is 11.3 Å². The Morgan fingerprint density at radius 2 is 1.86 bits per heavy atom. The van der Waals surface area contributed by atoms with Crippen molar-refractivity contribution >= 4 is 11.6 Å². The SMILES string of the molecule is COc1ccc([C@H](C)NC(=O)c2ccc(C)c(N)c2)cc1. The van der Waals surface area contributed by atoms with Gasteiger partial charge in [0.15, 0.2) is 0 Å². The lowest BCUT2D eigenvalue weighted by atomic mass is 10.1. The Bertz CT molecular complexity index is 636. The summed E-state index contributed by atoms with van der Waals surface area (Å²) in [5.74, 6) is 0.661. The van der Waals surface area contributed by atoms with E-state index in [2.05, 4.69) is 5.32 Å². The number of nitrogens with one attached hydrogen (secondary N) is 1. The van der Waals surface area contributed by atoms with Crippen LogP contribution in [0.1, 0.15) is 34.5 Å². The summed E-state index contributed by atoms with van der Waals surface area (Å²) in [5, 5.41) is 2.96. The second-order valence-corrected chi connectivity index (χ2v) is 5.04. The number of aryl methyl sites for hydroxylation is 1. The maximum absolute atomic E-state index is 12.2. The van der Waals surface area contributed by atoms with Gasteiger partial charge < -0.3 is 15.8 Å². The van der Waals surface area contributed by atoms with Gasteiger partial charge in [0.25, 0.3) is 5.91 Å². The number of nitrogen functional groups attached to an aromatic ring is 1. The van der Waals surface area contributed by atoms with Crippen molar-refractivity contribution in [3.8, 4) is 5.75 Å². The van der Waals surface area contributed by atoms with E-state index in [9.17, 15) is 4.79 Å². The maximum Gasteiger partial charge on any atom is 0.251 e. The van der Waals surface area contributed by atoms with Gasteiger partial charge in [-0.15, -0.1) is 0 Å². The Balaban J connectivity index is 2.08. The van der Waals surface area contributed by atoms with Crippen LogP contribution < -0.4 is 15.8 Å². The van der Waals surface area contributed by atoms with Gasteiger partial charge >= 0.3 is 0 Å². The lowest BCUT2D eigenvalue weighted by Gasteiger charge is -2.15. The zero-order chi connectivity index (χ0) is 15.4. The third-order valence-corrected chi connectivity index (χ3v) is 3.50. The molecule has 1 amide bonds. The van der Waals surface area contributed by atoms with Crippen LogP contribution in [0.5, 0.6) is 5.75 Å². The third kappa shape index (κ3) is 3.54. The van der Waals surface area contributed by atoms with Crippen LogP contribution in [-0.4, -0.2) is 13.0 Å². The van der Waals surface area contributed by atoms with Crippen molar-refractivity contribution in [3.05, 3.63) is 59.2 Å². The first-order valence-electron chi connectivity index (χ1n) is 6.82. The van der Waals surface area contributed by atoms with Gasteiger partial charge in [0.05, 0.1) is 13.2 Å². The van der Waals surface area contributed by atoms with Gasteiger partial charge in [-0.2, -0.15) is 0 Å². The molecule has 2 rings (SSSR count). The number of hydrogen-bond acceptors (Lipinski definition) is 3. The van der Waals surface area contributed by atoms with Gasteiger partial charge in [0.1, 0.15) is 5.75 Å². The zero-order valence-corrected chi connectivity index (χ0v) is 12.5. The average molecular weight is 284 g/mol. The van der Waals surface area contributed by atoms with Crippen molar-refractivity contribution in [1.82, 2.24) is 5.32 Å². The molecule has 1 atom stereocenters. The van der Waals surface area contributed by atoms with Crippen LogP contribution in [0.2, 0.25) is 0 Å². The van der Waals surface area contributed by atoms with Gasteiger partial charge in [0, 0.05) is 11.3 Å². The molecule has 3 N–H and O–H groups in total. The molecule has 0 aliphatic carbocycles. The van der Waals surface area contributed by atoms with Gasteiger partial charge in [-0.05, 0) is 49.2 Å². The molecule has 0 aliphatic heterocycles. The summed E-state index contributed by atoms with van der Waals surface area (Å²) in [7, 11) is 1.63. The number of hydrogen-bond donors (Lipinski definition) is 2. The first-order valence-corrected chi connectivity index (χ1v) is 6.82. The molecule has 0 aromatic heterocycles. The number of anilines is 1. The van der Waals surface area contributed by atoms with E-state index in [1.165, 1.54) is 0 Å². The summed E-state index contributed by atoms with van der Waals surface area (Å²) < 4.78 is 5.12. The Labute approximate surface area is 124 Å². The molecular weight excluding hydrogens is 264 g/mol. The number of carbonyl (C=O) groups excluding carboxylic acids is 1. The largest absolute Gasteiger partial charge is 0.497 e. The minimum atomic E-state index is -0.134. The molecule has 4 nitrogen and oxygen atoms in total. The Morgan fingerprint density at radius 1 is 1.19 bits per heavy atom. The monoisotopic (exact) mass is 284 g/mol. The van der Waals surface area contributed by atoms with Crippen molar-refractivity contribution in [2.45, 2.75) is 19.9 Å². The van der Waals surface area contributed by atoms with Gasteiger partial charge in [-0.3, -0.25) is 4.79 Å². The molecule has 0 saturated heterocycles. The van der Waals surface area contributed by atoms with Crippen LogP contribution in [-0.2, 0) is 0 Å². The molecule has 4 heteroatoms. The molecule has 0 aliphatic rings. The lowest BCUT2D eigenvalue weighted by molar-refractivity contribution is 0.0940. The molecule has 2 aromatic carbocycles. The molecule has 0 heterocycles.